The number of nitrogens with one attached hydrogen (secondary N) is 1. The average Bonchev–Trinajstić information content (AvgIpc) is 2.65. The molecule has 1 aromatic carbocycles. The summed E-state index contributed by atoms with van der Waals surface area (Å²) in [5.41, 5.74) is 1.13. The Morgan fingerprint density at radius 3 is 2.47 bits per heavy atom. The zero-order valence-electron chi connectivity index (χ0n) is 8.57. The van der Waals surface area contributed by atoms with Gasteiger partial charge in [-0.25, -0.2) is 4.39 Å². The fraction of sp³-hybridized carbons (Fsp3) is 0.455. The summed E-state index contributed by atoms with van der Waals surface area (Å²) < 4.78 is 18.0. The number of benzene rings is 1. The number of methoxy groups -OCH3 is 1. The summed E-state index contributed by atoms with van der Waals surface area (Å²) in [4.78, 5) is 0. The SMILES string of the molecule is COc1ccc(C2CC(F)CN2)cc1.Cl. The number of hydrogen-bond donors (Lipinski definition) is 1. The molecule has 4 heteroatoms. The Morgan fingerprint density at radius 1 is 1.33 bits per heavy atom. The second-order valence-corrected chi connectivity index (χ2v) is 3.57. The van der Waals surface area contributed by atoms with E-state index in [0.717, 1.165) is 11.3 Å². The summed E-state index contributed by atoms with van der Waals surface area (Å²) in [7, 11) is 1.64. The Hall–Kier alpha value is -0.800. The number of hydrogen-bond acceptors (Lipinski definition) is 2. The minimum absolute atomic E-state index is 0. The quantitative estimate of drug-likeness (QED) is 0.845. The molecule has 0 spiro atoms. The first-order valence-corrected chi connectivity index (χ1v) is 4.81. The van der Waals surface area contributed by atoms with Crippen molar-refractivity contribution in [2.75, 3.05) is 13.7 Å². The van der Waals surface area contributed by atoms with E-state index in [1.165, 1.54) is 0 Å². The molecule has 1 heterocycles. The van der Waals surface area contributed by atoms with Crippen LogP contribution in [0.4, 0.5) is 4.39 Å². The van der Waals surface area contributed by atoms with Gasteiger partial charge in [-0.05, 0) is 24.1 Å². The molecule has 0 amide bonds. The van der Waals surface area contributed by atoms with E-state index >= 15 is 0 Å². The molecule has 1 saturated heterocycles. The van der Waals surface area contributed by atoms with Crippen LogP contribution in [0.25, 0.3) is 0 Å². The van der Waals surface area contributed by atoms with E-state index in [1.54, 1.807) is 7.11 Å². The first kappa shape index (κ1) is 12.3. The third-order valence-corrected chi connectivity index (χ3v) is 2.60. The summed E-state index contributed by atoms with van der Waals surface area (Å²) in [5, 5.41) is 3.14. The minimum Gasteiger partial charge on any atom is -0.497 e. The molecule has 84 valence electrons. The van der Waals surface area contributed by atoms with Gasteiger partial charge in [0.1, 0.15) is 11.9 Å². The molecule has 0 aromatic heterocycles. The molecule has 1 aliphatic rings. The number of alkyl halides is 1. The van der Waals surface area contributed by atoms with Gasteiger partial charge in [-0.1, -0.05) is 12.1 Å². The topological polar surface area (TPSA) is 21.3 Å². The Kier molecular flexibility index (Phi) is 4.36. The highest BCUT2D eigenvalue weighted by atomic mass is 35.5. The van der Waals surface area contributed by atoms with Crippen molar-refractivity contribution in [3.8, 4) is 5.75 Å². The molecule has 1 fully saturated rings. The van der Waals surface area contributed by atoms with Gasteiger partial charge in [0.15, 0.2) is 0 Å². The highest BCUT2D eigenvalue weighted by molar-refractivity contribution is 5.85. The van der Waals surface area contributed by atoms with E-state index in [0.29, 0.717) is 13.0 Å². The molecule has 1 aliphatic heterocycles. The molecule has 1 aromatic rings. The summed E-state index contributed by atoms with van der Waals surface area (Å²) in [6.45, 7) is 0.469. The Bertz CT molecular complexity index is 304. The van der Waals surface area contributed by atoms with Gasteiger partial charge in [-0.15, -0.1) is 12.4 Å². The minimum atomic E-state index is -0.706. The van der Waals surface area contributed by atoms with Crippen molar-refractivity contribution in [3.05, 3.63) is 29.8 Å². The summed E-state index contributed by atoms with van der Waals surface area (Å²) in [5.74, 6) is 0.837. The summed E-state index contributed by atoms with van der Waals surface area (Å²) >= 11 is 0. The van der Waals surface area contributed by atoms with Crippen LogP contribution < -0.4 is 10.1 Å². The van der Waals surface area contributed by atoms with Gasteiger partial charge in [0.05, 0.1) is 7.11 Å². The smallest absolute Gasteiger partial charge is 0.118 e. The van der Waals surface area contributed by atoms with Gasteiger partial charge in [0, 0.05) is 12.6 Å². The molecule has 15 heavy (non-hydrogen) atoms. The molecule has 2 rings (SSSR count). The van der Waals surface area contributed by atoms with Crippen LogP contribution in [0.5, 0.6) is 5.75 Å². The first-order chi connectivity index (χ1) is 6.79. The van der Waals surface area contributed by atoms with Gasteiger partial charge >= 0.3 is 0 Å². The molecule has 0 radical (unpaired) electrons. The van der Waals surface area contributed by atoms with Crippen molar-refractivity contribution >= 4 is 12.4 Å². The highest BCUT2D eigenvalue weighted by Gasteiger charge is 2.24. The van der Waals surface area contributed by atoms with Crippen molar-refractivity contribution in [1.29, 1.82) is 0 Å². The lowest BCUT2D eigenvalue weighted by molar-refractivity contribution is 0.356. The Labute approximate surface area is 95.2 Å². The summed E-state index contributed by atoms with van der Waals surface area (Å²) in [6, 6.07) is 7.93. The Balaban J connectivity index is 0.00000112. The van der Waals surface area contributed by atoms with Gasteiger partial charge in [-0.2, -0.15) is 0 Å². The maximum atomic E-state index is 12.9. The molecule has 0 aliphatic carbocycles. The van der Waals surface area contributed by atoms with Gasteiger partial charge < -0.3 is 10.1 Å². The lowest BCUT2D eigenvalue weighted by Crippen LogP contribution is -2.13. The fourth-order valence-corrected chi connectivity index (χ4v) is 1.78. The predicted molar refractivity (Wildman–Crippen MR) is 60.5 cm³/mol. The second-order valence-electron chi connectivity index (χ2n) is 3.57. The van der Waals surface area contributed by atoms with E-state index in [2.05, 4.69) is 5.32 Å². The van der Waals surface area contributed by atoms with Crippen LogP contribution in [0.1, 0.15) is 18.0 Å². The van der Waals surface area contributed by atoms with Gasteiger partial charge in [0.25, 0.3) is 0 Å². The third-order valence-electron chi connectivity index (χ3n) is 2.60. The van der Waals surface area contributed by atoms with Crippen molar-refractivity contribution in [2.45, 2.75) is 18.6 Å². The summed E-state index contributed by atoms with van der Waals surface area (Å²) in [6.07, 6.45) is -0.131. The van der Waals surface area contributed by atoms with Crippen LogP contribution in [-0.4, -0.2) is 19.8 Å². The van der Waals surface area contributed by atoms with Gasteiger partial charge in [0.2, 0.25) is 0 Å². The van der Waals surface area contributed by atoms with Crippen LogP contribution in [-0.2, 0) is 0 Å². The van der Waals surface area contributed by atoms with Crippen LogP contribution in [0.3, 0.4) is 0 Å². The molecule has 2 atom stereocenters. The second kappa shape index (κ2) is 5.33. The largest absolute Gasteiger partial charge is 0.497 e. The average molecular weight is 232 g/mol. The molecular formula is C11H15ClFNO. The normalized spacial score (nSPS) is 24.7. The van der Waals surface area contributed by atoms with Gasteiger partial charge in [-0.3, -0.25) is 0 Å². The lowest BCUT2D eigenvalue weighted by Gasteiger charge is -2.10. The van der Waals surface area contributed by atoms with E-state index in [1.807, 2.05) is 24.3 Å². The first-order valence-electron chi connectivity index (χ1n) is 4.81. The standard InChI is InChI=1S/C11H14FNO.ClH/c1-14-10-4-2-8(3-5-10)11-6-9(12)7-13-11;/h2-5,9,11,13H,6-7H2,1H3;1H. The fourth-order valence-electron chi connectivity index (χ4n) is 1.78. The number of rotatable bonds is 2. The third kappa shape index (κ3) is 2.83. The van der Waals surface area contributed by atoms with Crippen molar-refractivity contribution in [3.63, 3.8) is 0 Å². The highest BCUT2D eigenvalue weighted by Crippen LogP contribution is 2.26. The Morgan fingerprint density at radius 2 is 2.00 bits per heavy atom. The maximum absolute atomic E-state index is 12.9. The van der Waals surface area contributed by atoms with Crippen molar-refractivity contribution in [1.82, 2.24) is 5.32 Å². The number of ether oxygens (including phenoxy) is 1. The van der Waals surface area contributed by atoms with Crippen molar-refractivity contribution in [2.24, 2.45) is 0 Å². The molecule has 1 N–H and O–H groups in total. The number of halogens is 2. The van der Waals surface area contributed by atoms with E-state index in [9.17, 15) is 4.39 Å². The predicted octanol–water partition coefficient (Wildman–Crippen LogP) is 2.49. The molecule has 0 bridgehead atoms. The molecule has 2 nitrogen and oxygen atoms in total. The van der Waals surface area contributed by atoms with Crippen LogP contribution >= 0.6 is 12.4 Å². The van der Waals surface area contributed by atoms with E-state index < -0.39 is 6.17 Å². The van der Waals surface area contributed by atoms with E-state index in [4.69, 9.17) is 4.74 Å². The molecular weight excluding hydrogens is 217 g/mol. The molecule has 2 unspecified atom stereocenters. The molecule has 0 saturated carbocycles. The van der Waals surface area contributed by atoms with Crippen LogP contribution in [0.2, 0.25) is 0 Å². The maximum Gasteiger partial charge on any atom is 0.118 e. The van der Waals surface area contributed by atoms with Crippen LogP contribution in [0.15, 0.2) is 24.3 Å². The van der Waals surface area contributed by atoms with E-state index in [-0.39, 0.29) is 18.4 Å². The zero-order chi connectivity index (χ0) is 9.97. The monoisotopic (exact) mass is 231 g/mol. The lowest BCUT2D eigenvalue weighted by atomic mass is 10.1. The van der Waals surface area contributed by atoms with Crippen LogP contribution in [0, 0.1) is 0 Å². The van der Waals surface area contributed by atoms with Crippen molar-refractivity contribution < 1.29 is 9.13 Å². The zero-order valence-corrected chi connectivity index (χ0v) is 9.39.